The van der Waals surface area contributed by atoms with E-state index in [0.717, 1.165) is 17.8 Å². The Morgan fingerprint density at radius 2 is 2.16 bits per heavy atom. The minimum Gasteiger partial charge on any atom is -0.498 e. The molecule has 0 heterocycles. The summed E-state index contributed by atoms with van der Waals surface area (Å²) in [5, 5.41) is 2.74. The highest BCUT2D eigenvalue weighted by Gasteiger charge is 2.04. The van der Waals surface area contributed by atoms with Crippen molar-refractivity contribution in [2.24, 2.45) is 11.7 Å². The summed E-state index contributed by atoms with van der Waals surface area (Å²) in [5.41, 5.74) is 6.29. The van der Waals surface area contributed by atoms with E-state index < -0.39 is 0 Å². The van der Waals surface area contributed by atoms with E-state index in [-0.39, 0.29) is 5.91 Å². The molecule has 110 valence electrons. The van der Waals surface area contributed by atoms with Gasteiger partial charge in [-0.2, -0.15) is 0 Å². The van der Waals surface area contributed by atoms with Gasteiger partial charge in [0.15, 0.2) is 0 Å². The lowest BCUT2D eigenvalue weighted by atomic mass is 10.1. The van der Waals surface area contributed by atoms with Crippen LogP contribution in [0, 0.1) is 5.92 Å². The predicted octanol–water partition coefficient (Wildman–Crippen LogP) is 2.36. The molecule has 0 saturated carbocycles. The number of carbonyl (C=O) groups is 1. The van der Waals surface area contributed by atoms with Crippen molar-refractivity contribution in [3.63, 3.8) is 0 Å². The quantitative estimate of drug-likeness (QED) is 0.363. The van der Waals surface area contributed by atoms with Gasteiger partial charge in [0, 0.05) is 25.9 Å². The van der Waals surface area contributed by atoms with Gasteiger partial charge in [-0.05, 0) is 25.3 Å². The zero-order valence-corrected chi connectivity index (χ0v) is 12.5. The van der Waals surface area contributed by atoms with Crippen molar-refractivity contribution in [3.05, 3.63) is 24.0 Å². The Kier molecular flexibility index (Phi) is 9.90. The summed E-state index contributed by atoms with van der Waals surface area (Å²) in [5.74, 6) is 1.52. The average molecular weight is 268 g/mol. The number of rotatable bonds is 10. The maximum absolute atomic E-state index is 11.4. The molecule has 4 heteroatoms. The molecule has 0 aromatic rings. The third-order valence-corrected chi connectivity index (χ3v) is 2.32. The van der Waals surface area contributed by atoms with Crippen LogP contribution in [0.3, 0.4) is 0 Å². The molecule has 4 nitrogen and oxygen atoms in total. The number of allylic oxidation sites excluding steroid dienone is 3. The van der Waals surface area contributed by atoms with E-state index in [2.05, 4.69) is 25.7 Å². The molecule has 0 aliphatic rings. The summed E-state index contributed by atoms with van der Waals surface area (Å²) >= 11 is 0. The molecule has 0 bridgehead atoms. The number of hydrogen-bond acceptors (Lipinski definition) is 3. The second-order valence-electron chi connectivity index (χ2n) is 5.15. The van der Waals surface area contributed by atoms with Gasteiger partial charge in [-0.3, -0.25) is 4.79 Å². The molecule has 0 aromatic heterocycles. The van der Waals surface area contributed by atoms with Crippen LogP contribution >= 0.6 is 0 Å². The molecule has 0 rings (SSSR count). The first-order valence-corrected chi connectivity index (χ1v) is 6.91. The zero-order valence-electron chi connectivity index (χ0n) is 12.5. The van der Waals surface area contributed by atoms with Gasteiger partial charge in [-0.1, -0.05) is 26.0 Å². The van der Waals surface area contributed by atoms with Gasteiger partial charge in [0.25, 0.3) is 0 Å². The highest BCUT2D eigenvalue weighted by Crippen LogP contribution is 2.14. The average Bonchev–Trinajstić information content (AvgIpc) is 2.30. The topological polar surface area (TPSA) is 64.3 Å². The Hall–Kier alpha value is -1.29. The smallest absolute Gasteiger partial charge is 0.220 e. The van der Waals surface area contributed by atoms with E-state index in [1.54, 1.807) is 0 Å². The molecule has 0 atom stereocenters. The molecule has 0 aromatic carbocycles. The second-order valence-corrected chi connectivity index (χ2v) is 5.15. The molecule has 0 radical (unpaired) electrons. The Bertz CT molecular complexity index is 309. The normalized spacial score (nSPS) is 11.5. The minimum absolute atomic E-state index is 0.0309. The number of nitrogens with two attached hydrogens (primary N) is 1. The summed E-state index contributed by atoms with van der Waals surface area (Å²) in [6, 6.07) is 0. The SMILES string of the molecule is C=C(C)/C=C(\CC(C)C)OCCCC(=O)NCCN. The van der Waals surface area contributed by atoms with Crippen molar-refractivity contribution in [1.29, 1.82) is 0 Å². The first-order chi connectivity index (χ1) is 8.95. The molecule has 19 heavy (non-hydrogen) atoms. The van der Waals surface area contributed by atoms with Crippen LogP contribution in [0.2, 0.25) is 0 Å². The van der Waals surface area contributed by atoms with Crippen LogP contribution in [0.4, 0.5) is 0 Å². The van der Waals surface area contributed by atoms with Crippen molar-refractivity contribution < 1.29 is 9.53 Å². The second kappa shape index (κ2) is 10.6. The zero-order chi connectivity index (χ0) is 14.7. The molecular weight excluding hydrogens is 240 g/mol. The van der Waals surface area contributed by atoms with Gasteiger partial charge in [-0.15, -0.1) is 0 Å². The van der Waals surface area contributed by atoms with Gasteiger partial charge < -0.3 is 15.8 Å². The van der Waals surface area contributed by atoms with Crippen molar-refractivity contribution in [2.75, 3.05) is 19.7 Å². The van der Waals surface area contributed by atoms with E-state index in [9.17, 15) is 4.79 Å². The van der Waals surface area contributed by atoms with Gasteiger partial charge in [-0.25, -0.2) is 0 Å². The molecule has 3 N–H and O–H groups in total. The minimum atomic E-state index is 0.0309. The van der Waals surface area contributed by atoms with Crippen LogP contribution in [0.25, 0.3) is 0 Å². The monoisotopic (exact) mass is 268 g/mol. The van der Waals surface area contributed by atoms with E-state index in [1.165, 1.54) is 0 Å². The molecule has 0 saturated heterocycles. The summed E-state index contributed by atoms with van der Waals surface area (Å²) in [7, 11) is 0. The van der Waals surface area contributed by atoms with Crippen LogP contribution in [-0.4, -0.2) is 25.6 Å². The third kappa shape index (κ3) is 11.5. The van der Waals surface area contributed by atoms with Crippen LogP contribution in [0.5, 0.6) is 0 Å². The number of nitrogens with one attached hydrogen (secondary N) is 1. The van der Waals surface area contributed by atoms with E-state index in [0.29, 0.717) is 38.5 Å². The number of hydrogen-bond donors (Lipinski definition) is 2. The summed E-state index contributed by atoms with van der Waals surface area (Å²) in [6.45, 7) is 11.7. The first kappa shape index (κ1) is 17.7. The molecule has 0 fully saturated rings. The number of ether oxygens (including phenoxy) is 1. The molecule has 1 amide bonds. The lowest BCUT2D eigenvalue weighted by Crippen LogP contribution is -2.28. The van der Waals surface area contributed by atoms with E-state index in [1.807, 2.05) is 13.0 Å². The van der Waals surface area contributed by atoms with Crippen molar-refractivity contribution in [2.45, 2.75) is 40.0 Å². The fourth-order valence-corrected chi connectivity index (χ4v) is 1.57. The van der Waals surface area contributed by atoms with Crippen molar-refractivity contribution in [1.82, 2.24) is 5.32 Å². The Labute approximate surface area is 117 Å². The Balaban J connectivity index is 3.93. The third-order valence-electron chi connectivity index (χ3n) is 2.32. The molecule has 0 aliphatic heterocycles. The maximum Gasteiger partial charge on any atom is 0.220 e. The summed E-state index contributed by atoms with van der Waals surface area (Å²) in [4.78, 5) is 11.4. The molecule has 0 spiro atoms. The lowest BCUT2D eigenvalue weighted by molar-refractivity contribution is -0.121. The standard InChI is InChI=1S/C15H28N2O2/c1-12(2)10-14(11-13(3)4)19-9-5-6-15(18)17-8-7-16/h10,13H,1,5-9,11,16H2,2-4H3,(H,17,18)/b14-10+. The number of carbonyl (C=O) groups excluding carboxylic acids is 1. The van der Waals surface area contributed by atoms with E-state index in [4.69, 9.17) is 10.5 Å². The van der Waals surface area contributed by atoms with Gasteiger partial charge in [0.1, 0.15) is 0 Å². The molecular formula is C15H28N2O2. The largest absolute Gasteiger partial charge is 0.498 e. The highest BCUT2D eigenvalue weighted by molar-refractivity contribution is 5.75. The van der Waals surface area contributed by atoms with Gasteiger partial charge in [0.2, 0.25) is 5.91 Å². The summed E-state index contributed by atoms with van der Waals surface area (Å²) < 4.78 is 5.71. The molecule has 0 unspecified atom stereocenters. The fourth-order valence-electron chi connectivity index (χ4n) is 1.57. The highest BCUT2D eigenvalue weighted by atomic mass is 16.5. The van der Waals surface area contributed by atoms with Crippen molar-refractivity contribution >= 4 is 5.91 Å². The first-order valence-electron chi connectivity index (χ1n) is 6.91. The molecule has 0 aliphatic carbocycles. The lowest BCUT2D eigenvalue weighted by Gasteiger charge is -2.13. The fraction of sp³-hybridized carbons (Fsp3) is 0.667. The Morgan fingerprint density at radius 1 is 1.47 bits per heavy atom. The predicted molar refractivity (Wildman–Crippen MR) is 79.6 cm³/mol. The summed E-state index contributed by atoms with van der Waals surface area (Å²) in [6.07, 6.45) is 4.05. The van der Waals surface area contributed by atoms with E-state index >= 15 is 0 Å². The maximum atomic E-state index is 11.4. The van der Waals surface area contributed by atoms with Crippen LogP contribution in [0.1, 0.15) is 40.0 Å². The van der Waals surface area contributed by atoms with Crippen LogP contribution in [-0.2, 0) is 9.53 Å². The van der Waals surface area contributed by atoms with Crippen LogP contribution in [0.15, 0.2) is 24.0 Å². The van der Waals surface area contributed by atoms with Gasteiger partial charge in [0.05, 0.1) is 12.4 Å². The van der Waals surface area contributed by atoms with Gasteiger partial charge >= 0.3 is 0 Å². The van der Waals surface area contributed by atoms with Crippen molar-refractivity contribution in [3.8, 4) is 0 Å². The Morgan fingerprint density at radius 3 is 2.68 bits per heavy atom. The van der Waals surface area contributed by atoms with Crippen LogP contribution < -0.4 is 11.1 Å². The number of amides is 1.